The van der Waals surface area contributed by atoms with Crippen LogP contribution in [0.4, 0.5) is 0 Å². The Morgan fingerprint density at radius 3 is 2.31 bits per heavy atom. The predicted molar refractivity (Wildman–Crippen MR) is 107 cm³/mol. The molecule has 3 aromatic rings. The van der Waals surface area contributed by atoms with Gasteiger partial charge in [-0.2, -0.15) is 0 Å². The van der Waals surface area contributed by atoms with Crippen LogP contribution in [0.15, 0.2) is 59.8 Å². The molecule has 0 N–H and O–H groups in total. The van der Waals surface area contributed by atoms with Crippen molar-refractivity contribution in [1.29, 1.82) is 0 Å². The van der Waals surface area contributed by atoms with Gasteiger partial charge in [0, 0.05) is 21.7 Å². The molecule has 1 aromatic heterocycles. The fourth-order valence-electron chi connectivity index (χ4n) is 2.31. The van der Waals surface area contributed by atoms with Crippen molar-refractivity contribution >= 4 is 29.1 Å². The molecule has 0 spiro atoms. The van der Waals surface area contributed by atoms with Gasteiger partial charge < -0.3 is 0 Å². The van der Waals surface area contributed by atoms with Gasteiger partial charge >= 0.3 is 0 Å². The minimum Gasteiger partial charge on any atom is -0.298 e. The van der Waals surface area contributed by atoms with Crippen LogP contribution in [-0.2, 0) is 4.79 Å². The van der Waals surface area contributed by atoms with Crippen LogP contribution in [0.1, 0.15) is 20.8 Å². The number of Topliss-reactive ketones (excluding diaryl/α,β-unsaturated/α-hetero) is 1. The molecule has 6 heteroatoms. The number of nitrogens with zero attached hydrogens (tertiary/aromatic N) is 3. The maximum atomic E-state index is 12.3. The quantitative estimate of drug-likeness (QED) is 0.559. The first-order valence-electron chi connectivity index (χ1n) is 8.29. The number of hydrogen-bond donors (Lipinski definition) is 0. The van der Waals surface area contributed by atoms with E-state index in [9.17, 15) is 4.79 Å². The Hall–Kier alpha value is -2.11. The maximum Gasteiger partial charge on any atom is 0.196 e. The fraction of sp³-hybridized carbons (Fsp3) is 0.250. The second kappa shape index (κ2) is 7.64. The molecule has 0 amide bonds. The third-order valence-electron chi connectivity index (χ3n) is 3.92. The van der Waals surface area contributed by atoms with E-state index in [2.05, 4.69) is 10.2 Å². The van der Waals surface area contributed by atoms with E-state index in [1.165, 1.54) is 11.8 Å². The number of carbonyl (C=O) groups excluding carboxylic acids is 1. The molecule has 0 atom stereocenters. The second-order valence-corrected chi connectivity index (χ2v) is 8.32. The lowest BCUT2D eigenvalue weighted by molar-refractivity contribution is -0.123. The first kappa shape index (κ1) is 18.7. The highest BCUT2D eigenvalue weighted by Crippen LogP contribution is 2.29. The van der Waals surface area contributed by atoms with E-state index in [1.807, 2.05) is 79.9 Å². The van der Waals surface area contributed by atoms with Crippen molar-refractivity contribution < 1.29 is 4.79 Å². The van der Waals surface area contributed by atoms with Crippen LogP contribution in [0.2, 0.25) is 5.02 Å². The molecule has 4 nitrogen and oxygen atoms in total. The van der Waals surface area contributed by atoms with Gasteiger partial charge in [-0.3, -0.25) is 9.36 Å². The maximum absolute atomic E-state index is 12.3. The van der Waals surface area contributed by atoms with E-state index in [4.69, 9.17) is 11.6 Å². The number of carbonyl (C=O) groups is 1. The smallest absolute Gasteiger partial charge is 0.196 e. The van der Waals surface area contributed by atoms with E-state index in [1.54, 1.807) is 0 Å². The van der Waals surface area contributed by atoms with Crippen molar-refractivity contribution in [3.8, 4) is 17.1 Å². The summed E-state index contributed by atoms with van der Waals surface area (Å²) in [7, 11) is 0. The molecule has 0 aliphatic rings. The molecule has 0 saturated heterocycles. The van der Waals surface area contributed by atoms with E-state index in [0.717, 1.165) is 17.1 Å². The first-order valence-corrected chi connectivity index (χ1v) is 9.65. The summed E-state index contributed by atoms with van der Waals surface area (Å²) in [5, 5.41) is 10.1. The van der Waals surface area contributed by atoms with Crippen LogP contribution in [0.5, 0.6) is 0 Å². The third kappa shape index (κ3) is 4.17. The fourth-order valence-corrected chi connectivity index (χ4v) is 3.54. The number of ketones is 1. The lowest BCUT2D eigenvalue weighted by Gasteiger charge is -2.16. The standard InChI is InChI=1S/C20H20ClN3OS/c1-20(2,3)17(25)13-26-19-23-22-18(14-9-11-15(21)12-10-14)24(19)16-7-5-4-6-8-16/h4-12H,13H2,1-3H3. The molecular formula is C20H20ClN3OS. The SMILES string of the molecule is CC(C)(C)C(=O)CSc1nnc(-c2ccc(Cl)cc2)n1-c1ccccc1. The van der Waals surface area contributed by atoms with Crippen molar-refractivity contribution in [2.75, 3.05) is 5.75 Å². The van der Waals surface area contributed by atoms with E-state index in [0.29, 0.717) is 15.9 Å². The van der Waals surface area contributed by atoms with Gasteiger partial charge in [0.1, 0.15) is 5.78 Å². The number of aromatic nitrogens is 3. The monoisotopic (exact) mass is 385 g/mol. The van der Waals surface area contributed by atoms with Crippen molar-refractivity contribution in [3.63, 3.8) is 0 Å². The second-order valence-electron chi connectivity index (χ2n) is 6.95. The summed E-state index contributed by atoms with van der Waals surface area (Å²) in [6.07, 6.45) is 0. The molecule has 26 heavy (non-hydrogen) atoms. The summed E-state index contributed by atoms with van der Waals surface area (Å²) in [6.45, 7) is 5.78. The number of halogens is 1. The van der Waals surface area contributed by atoms with Crippen LogP contribution < -0.4 is 0 Å². The van der Waals surface area contributed by atoms with Gasteiger partial charge in [-0.15, -0.1) is 10.2 Å². The van der Waals surface area contributed by atoms with Crippen LogP contribution in [-0.4, -0.2) is 26.3 Å². The van der Waals surface area contributed by atoms with Gasteiger partial charge in [0.05, 0.1) is 5.75 Å². The molecule has 2 aromatic carbocycles. The summed E-state index contributed by atoms with van der Waals surface area (Å²) >= 11 is 7.41. The summed E-state index contributed by atoms with van der Waals surface area (Å²) in [5.74, 6) is 1.26. The van der Waals surface area contributed by atoms with E-state index >= 15 is 0 Å². The van der Waals surface area contributed by atoms with Gasteiger partial charge in [-0.05, 0) is 36.4 Å². The Morgan fingerprint density at radius 2 is 1.69 bits per heavy atom. The molecule has 3 rings (SSSR count). The topological polar surface area (TPSA) is 47.8 Å². The Morgan fingerprint density at radius 1 is 1.04 bits per heavy atom. The molecule has 0 unspecified atom stereocenters. The molecule has 0 aliphatic heterocycles. The summed E-state index contributed by atoms with van der Waals surface area (Å²) in [5.41, 5.74) is 1.50. The van der Waals surface area contributed by atoms with Crippen LogP contribution in [0, 0.1) is 5.41 Å². The van der Waals surface area contributed by atoms with Crippen molar-refractivity contribution in [1.82, 2.24) is 14.8 Å². The molecule has 0 saturated carbocycles. The summed E-state index contributed by atoms with van der Waals surface area (Å²) < 4.78 is 1.98. The van der Waals surface area contributed by atoms with E-state index < -0.39 is 0 Å². The van der Waals surface area contributed by atoms with Crippen molar-refractivity contribution in [3.05, 3.63) is 59.6 Å². The Labute approximate surface area is 162 Å². The van der Waals surface area contributed by atoms with Gasteiger partial charge in [0.15, 0.2) is 11.0 Å². The zero-order valence-electron chi connectivity index (χ0n) is 14.9. The zero-order chi connectivity index (χ0) is 18.7. The highest BCUT2D eigenvalue weighted by Gasteiger charge is 2.23. The van der Waals surface area contributed by atoms with Gasteiger partial charge in [0.2, 0.25) is 0 Å². The number of rotatable bonds is 5. The number of hydrogen-bond acceptors (Lipinski definition) is 4. The molecule has 1 heterocycles. The molecule has 0 fully saturated rings. The van der Waals surface area contributed by atoms with Crippen LogP contribution >= 0.6 is 23.4 Å². The normalized spacial score (nSPS) is 11.5. The first-order chi connectivity index (χ1) is 12.4. The van der Waals surface area contributed by atoms with E-state index in [-0.39, 0.29) is 11.2 Å². The van der Waals surface area contributed by atoms with Crippen LogP contribution in [0.25, 0.3) is 17.1 Å². The largest absolute Gasteiger partial charge is 0.298 e. The molecule has 0 bridgehead atoms. The number of para-hydroxylation sites is 1. The van der Waals surface area contributed by atoms with Crippen LogP contribution in [0.3, 0.4) is 0 Å². The predicted octanol–water partition coefficient (Wildman–Crippen LogP) is 5.30. The van der Waals surface area contributed by atoms with Gasteiger partial charge in [-0.25, -0.2) is 0 Å². The molecule has 134 valence electrons. The summed E-state index contributed by atoms with van der Waals surface area (Å²) in [6, 6.07) is 17.4. The summed E-state index contributed by atoms with van der Waals surface area (Å²) in [4.78, 5) is 12.3. The highest BCUT2D eigenvalue weighted by molar-refractivity contribution is 7.99. The van der Waals surface area contributed by atoms with Gasteiger partial charge in [-0.1, -0.05) is 62.3 Å². The minimum atomic E-state index is -0.371. The Balaban J connectivity index is 2.00. The highest BCUT2D eigenvalue weighted by atomic mass is 35.5. The molecular weight excluding hydrogens is 366 g/mol. The molecule has 0 aliphatic carbocycles. The lowest BCUT2D eigenvalue weighted by Crippen LogP contribution is -2.22. The minimum absolute atomic E-state index is 0.179. The average molecular weight is 386 g/mol. The average Bonchev–Trinajstić information content (AvgIpc) is 3.04. The van der Waals surface area contributed by atoms with Crippen molar-refractivity contribution in [2.45, 2.75) is 25.9 Å². The molecule has 0 radical (unpaired) electrons. The van der Waals surface area contributed by atoms with Crippen molar-refractivity contribution in [2.24, 2.45) is 5.41 Å². The van der Waals surface area contributed by atoms with Gasteiger partial charge in [0.25, 0.3) is 0 Å². The number of benzene rings is 2. The Kier molecular flexibility index (Phi) is 5.49. The Bertz CT molecular complexity index is 899. The third-order valence-corrected chi connectivity index (χ3v) is 5.10. The zero-order valence-corrected chi connectivity index (χ0v) is 16.5. The lowest BCUT2D eigenvalue weighted by atomic mass is 9.92. The number of thioether (sulfide) groups is 1.